The minimum atomic E-state index is 0.837. The zero-order valence-electron chi connectivity index (χ0n) is 32.9. The number of ether oxygens (including phenoxy) is 1. The van der Waals surface area contributed by atoms with E-state index in [0.29, 0.717) is 0 Å². The van der Waals surface area contributed by atoms with Crippen LogP contribution in [0.25, 0.3) is 34.1 Å². The van der Waals surface area contributed by atoms with Crippen molar-refractivity contribution in [2.75, 3.05) is 12.0 Å². The Bertz CT molecular complexity index is 2640. The fourth-order valence-electron chi connectivity index (χ4n) is 7.49. The first-order valence-corrected chi connectivity index (χ1v) is 19.7. The van der Waals surface area contributed by atoms with Gasteiger partial charge in [0.2, 0.25) is 0 Å². The van der Waals surface area contributed by atoms with Gasteiger partial charge < -0.3 is 9.64 Å². The minimum Gasteiger partial charge on any atom is -0.497 e. The van der Waals surface area contributed by atoms with Crippen molar-refractivity contribution in [1.29, 1.82) is 0 Å². The van der Waals surface area contributed by atoms with E-state index >= 15 is 0 Å². The van der Waals surface area contributed by atoms with Gasteiger partial charge in [-0.2, -0.15) is 0 Å². The van der Waals surface area contributed by atoms with Gasteiger partial charge >= 0.3 is 0 Å². The molecule has 0 heterocycles. The Labute approximate surface area is 342 Å². The maximum Gasteiger partial charge on any atom is 0.119 e. The van der Waals surface area contributed by atoms with Crippen molar-refractivity contribution in [3.63, 3.8) is 0 Å². The topological polar surface area (TPSA) is 12.5 Å². The molecule has 2 heteroatoms. The number of anilines is 3. The number of benzene rings is 8. The fraction of sp³-hybridized carbons (Fsp3) is 0.0357. The summed E-state index contributed by atoms with van der Waals surface area (Å²) in [5, 5.41) is 2.35. The summed E-state index contributed by atoms with van der Waals surface area (Å²) in [6, 6.07) is 70.6. The Kier molecular flexibility index (Phi) is 11.7. The molecule has 0 spiro atoms. The van der Waals surface area contributed by atoms with E-state index in [-0.39, 0.29) is 0 Å². The lowest BCUT2D eigenvalue weighted by Gasteiger charge is -2.29. The highest BCUT2D eigenvalue weighted by Crippen LogP contribution is 2.42. The van der Waals surface area contributed by atoms with Gasteiger partial charge in [-0.25, -0.2) is 0 Å². The summed E-state index contributed by atoms with van der Waals surface area (Å²) in [5.41, 5.74) is 13.8. The van der Waals surface area contributed by atoms with Gasteiger partial charge in [0.25, 0.3) is 0 Å². The van der Waals surface area contributed by atoms with Crippen LogP contribution in [0.1, 0.15) is 38.9 Å². The third-order valence-electron chi connectivity index (χ3n) is 10.4. The molecule has 0 aromatic heterocycles. The quantitative estimate of drug-likeness (QED) is 0.115. The maximum atomic E-state index is 5.62. The third kappa shape index (κ3) is 8.53. The predicted octanol–water partition coefficient (Wildman–Crippen LogP) is 14.9. The molecule has 280 valence electrons. The van der Waals surface area contributed by atoms with Crippen molar-refractivity contribution in [1.82, 2.24) is 0 Å². The molecular weight excluding hydrogens is 703 g/mol. The Hall–Kier alpha value is -7.42. The summed E-state index contributed by atoms with van der Waals surface area (Å²) in [7, 11) is 1.72. The van der Waals surface area contributed by atoms with E-state index in [1.807, 2.05) is 6.07 Å². The van der Waals surface area contributed by atoms with E-state index in [4.69, 9.17) is 4.74 Å². The van der Waals surface area contributed by atoms with Crippen LogP contribution in [0.4, 0.5) is 17.1 Å². The van der Waals surface area contributed by atoms with Gasteiger partial charge in [0.15, 0.2) is 0 Å². The molecule has 0 aliphatic rings. The van der Waals surface area contributed by atoms with Crippen LogP contribution in [0.2, 0.25) is 0 Å². The lowest BCUT2D eigenvalue weighted by atomic mass is 9.97. The second-order valence-corrected chi connectivity index (χ2v) is 14.1. The SMILES string of the molecule is COc1ccc(N(c2ccc(/C=C/C=C(c3ccccc3)c3ccccc3)cc2)c2ccc(/C=C/C=C(c3ccccc3)c3ccccc3)c3ccccc23)c(C)c1. The lowest BCUT2D eigenvalue weighted by molar-refractivity contribution is 0.414. The maximum absolute atomic E-state index is 5.62. The number of hydrogen-bond acceptors (Lipinski definition) is 2. The molecule has 0 N–H and O–H groups in total. The third-order valence-corrected chi connectivity index (χ3v) is 10.4. The van der Waals surface area contributed by atoms with Crippen LogP contribution in [-0.2, 0) is 0 Å². The standard InChI is InChI=1S/C56H45NO/c1-42-41-50(58-2)38-40-55(42)57(49-36-33-43(34-37-49)19-17-31-51(44-20-7-3-8-21-44)45-22-9-4-10-23-45)56-39-35-48(53-29-15-16-30-54(53)56)28-18-32-52(46-24-11-5-12-25-46)47-26-13-6-14-27-47/h3-41H,1-2H3/b19-17+,28-18+. The number of aryl methyl sites for hydroxylation is 1. The number of methoxy groups -OCH3 is 1. The zero-order valence-corrected chi connectivity index (χ0v) is 32.9. The predicted molar refractivity (Wildman–Crippen MR) is 248 cm³/mol. The summed E-state index contributed by atoms with van der Waals surface area (Å²) < 4.78 is 5.62. The van der Waals surface area contributed by atoms with Crippen LogP contribution in [0.3, 0.4) is 0 Å². The average molecular weight is 748 g/mol. The number of allylic oxidation sites excluding steroid dienone is 4. The van der Waals surface area contributed by atoms with E-state index in [9.17, 15) is 0 Å². The summed E-state index contributed by atoms with van der Waals surface area (Å²) in [6.07, 6.45) is 13.1. The molecule has 0 saturated heterocycles. The molecule has 2 nitrogen and oxygen atoms in total. The van der Waals surface area contributed by atoms with Crippen molar-refractivity contribution in [2.24, 2.45) is 0 Å². The van der Waals surface area contributed by atoms with Gasteiger partial charge in [-0.3, -0.25) is 0 Å². The molecule has 0 fully saturated rings. The van der Waals surface area contributed by atoms with Crippen molar-refractivity contribution in [3.8, 4) is 5.75 Å². The number of rotatable bonds is 12. The second kappa shape index (κ2) is 18.0. The average Bonchev–Trinajstić information content (AvgIpc) is 3.29. The highest BCUT2D eigenvalue weighted by molar-refractivity contribution is 6.03. The summed E-state index contributed by atoms with van der Waals surface area (Å²) in [5.74, 6) is 0.837. The largest absolute Gasteiger partial charge is 0.497 e. The molecule has 0 saturated carbocycles. The molecule has 0 atom stereocenters. The molecule has 0 bridgehead atoms. The van der Waals surface area contributed by atoms with Crippen LogP contribution in [0, 0.1) is 6.92 Å². The zero-order chi connectivity index (χ0) is 39.5. The van der Waals surface area contributed by atoms with Crippen molar-refractivity contribution >= 4 is 51.1 Å². The van der Waals surface area contributed by atoms with E-state index < -0.39 is 0 Å². The highest BCUT2D eigenvalue weighted by Gasteiger charge is 2.18. The Morgan fingerprint density at radius 1 is 0.448 bits per heavy atom. The molecule has 58 heavy (non-hydrogen) atoms. The normalized spacial score (nSPS) is 11.1. The van der Waals surface area contributed by atoms with Crippen LogP contribution in [0.5, 0.6) is 5.75 Å². The van der Waals surface area contributed by atoms with Crippen molar-refractivity contribution in [2.45, 2.75) is 6.92 Å². The Morgan fingerprint density at radius 2 is 0.914 bits per heavy atom. The van der Waals surface area contributed by atoms with Crippen LogP contribution in [0.15, 0.2) is 224 Å². The fourth-order valence-corrected chi connectivity index (χ4v) is 7.49. The summed E-state index contributed by atoms with van der Waals surface area (Å²) in [6.45, 7) is 2.15. The van der Waals surface area contributed by atoms with Gasteiger partial charge in [-0.1, -0.05) is 200 Å². The Morgan fingerprint density at radius 3 is 1.41 bits per heavy atom. The van der Waals surface area contributed by atoms with E-state index in [1.165, 1.54) is 44.2 Å². The smallest absolute Gasteiger partial charge is 0.119 e. The molecule has 8 aromatic rings. The van der Waals surface area contributed by atoms with E-state index in [1.54, 1.807) is 7.11 Å². The summed E-state index contributed by atoms with van der Waals surface area (Å²) >= 11 is 0. The Balaban J connectivity index is 1.16. The summed E-state index contributed by atoms with van der Waals surface area (Å²) in [4.78, 5) is 2.36. The lowest BCUT2D eigenvalue weighted by Crippen LogP contribution is -2.12. The number of fused-ring (bicyclic) bond motifs is 1. The van der Waals surface area contributed by atoms with Gasteiger partial charge in [0.1, 0.15) is 5.75 Å². The van der Waals surface area contributed by atoms with Gasteiger partial charge in [0, 0.05) is 16.8 Å². The first kappa shape index (κ1) is 37.5. The first-order chi connectivity index (χ1) is 28.7. The number of hydrogen-bond donors (Lipinski definition) is 0. The first-order valence-electron chi connectivity index (χ1n) is 19.7. The van der Waals surface area contributed by atoms with E-state index in [0.717, 1.165) is 39.5 Å². The highest BCUT2D eigenvalue weighted by atomic mass is 16.5. The molecule has 0 aliphatic carbocycles. The molecule has 0 amide bonds. The van der Waals surface area contributed by atoms with Gasteiger partial charge in [-0.05, 0) is 98.8 Å². The van der Waals surface area contributed by atoms with Crippen LogP contribution in [-0.4, -0.2) is 7.11 Å². The number of nitrogens with zero attached hydrogens (tertiary/aromatic N) is 1. The molecular formula is C56H45NO. The van der Waals surface area contributed by atoms with Gasteiger partial charge in [-0.15, -0.1) is 0 Å². The molecule has 8 aromatic carbocycles. The van der Waals surface area contributed by atoms with Crippen molar-refractivity contribution in [3.05, 3.63) is 263 Å². The van der Waals surface area contributed by atoms with Crippen LogP contribution < -0.4 is 9.64 Å². The minimum absolute atomic E-state index is 0.837. The van der Waals surface area contributed by atoms with Crippen LogP contribution >= 0.6 is 0 Å². The molecule has 0 unspecified atom stereocenters. The van der Waals surface area contributed by atoms with E-state index in [2.05, 4.69) is 242 Å². The monoisotopic (exact) mass is 747 g/mol. The molecule has 0 aliphatic heterocycles. The van der Waals surface area contributed by atoms with Crippen molar-refractivity contribution < 1.29 is 4.74 Å². The molecule has 0 radical (unpaired) electrons. The molecule has 8 rings (SSSR count). The van der Waals surface area contributed by atoms with Gasteiger partial charge in [0.05, 0.1) is 12.8 Å². The second-order valence-electron chi connectivity index (χ2n) is 14.1.